The molecule has 5 nitrogen and oxygen atoms in total. The predicted molar refractivity (Wildman–Crippen MR) is 54.7 cm³/mol. The highest BCUT2D eigenvalue weighted by Gasteiger charge is 2.17. The van der Waals surface area contributed by atoms with Crippen LogP contribution in [0.5, 0.6) is 0 Å². The number of amides is 2. The molecule has 0 saturated carbocycles. The van der Waals surface area contributed by atoms with Crippen LogP contribution >= 0.6 is 0 Å². The Balaban J connectivity index is 1.86. The molecule has 0 radical (unpaired) electrons. The lowest BCUT2D eigenvalue weighted by Gasteiger charge is -2.14. The summed E-state index contributed by atoms with van der Waals surface area (Å²) in [4.78, 5) is 12.8. The van der Waals surface area contributed by atoms with Crippen molar-refractivity contribution in [2.45, 2.75) is 6.43 Å². The first-order valence-corrected chi connectivity index (χ1v) is 5.29. The molecule has 0 aromatic carbocycles. The fourth-order valence-electron chi connectivity index (χ4n) is 1.38. The van der Waals surface area contributed by atoms with Crippen molar-refractivity contribution in [3.05, 3.63) is 0 Å². The van der Waals surface area contributed by atoms with Crippen molar-refractivity contribution in [1.29, 1.82) is 0 Å². The summed E-state index contributed by atoms with van der Waals surface area (Å²) in [5.41, 5.74) is 0. The van der Waals surface area contributed by atoms with Gasteiger partial charge in [0.15, 0.2) is 0 Å². The molecule has 1 aliphatic heterocycles. The summed E-state index contributed by atoms with van der Waals surface area (Å²) in [6.07, 6.45) is -2.41. The van der Waals surface area contributed by atoms with Gasteiger partial charge in [0.2, 0.25) is 0 Å². The van der Waals surface area contributed by atoms with Crippen molar-refractivity contribution >= 4 is 6.03 Å². The monoisotopic (exact) mass is 237 g/mol. The van der Waals surface area contributed by atoms with E-state index >= 15 is 0 Å². The van der Waals surface area contributed by atoms with Crippen LogP contribution < -0.4 is 10.6 Å². The first kappa shape index (κ1) is 13.1. The van der Waals surface area contributed by atoms with Gasteiger partial charge in [-0.2, -0.15) is 0 Å². The maximum Gasteiger partial charge on any atom is 0.317 e. The van der Waals surface area contributed by atoms with Gasteiger partial charge in [-0.05, 0) is 0 Å². The van der Waals surface area contributed by atoms with E-state index in [-0.39, 0.29) is 12.6 Å². The fraction of sp³-hybridized carbons (Fsp3) is 0.889. The summed E-state index contributed by atoms with van der Waals surface area (Å²) in [5.74, 6) is 0. The Kier molecular flexibility index (Phi) is 6.02. The lowest BCUT2D eigenvalue weighted by molar-refractivity contribution is 0.0187. The van der Waals surface area contributed by atoms with Gasteiger partial charge in [0.05, 0.1) is 6.61 Å². The molecule has 7 heteroatoms. The van der Waals surface area contributed by atoms with Crippen LogP contribution in [-0.2, 0) is 4.74 Å². The molecule has 0 spiro atoms. The third-order valence-corrected chi connectivity index (χ3v) is 2.17. The molecule has 0 aromatic rings. The van der Waals surface area contributed by atoms with E-state index in [1.807, 2.05) is 0 Å². The van der Waals surface area contributed by atoms with Gasteiger partial charge in [-0.15, -0.1) is 0 Å². The molecular weight excluding hydrogens is 220 g/mol. The largest absolute Gasteiger partial charge is 0.374 e. The number of urea groups is 1. The molecule has 94 valence electrons. The SMILES string of the molecule is O=C1NCCN1CCNCCOCC(F)F. The number of ether oxygens (including phenoxy) is 1. The van der Waals surface area contributed by atoms with Crippen molar-refractivity contribution in [3.63, 3.8) is 0 Å². The first-order chi connectivity index (χ1) is 7.70. The quantitative estimate of drug-likeness (QED) is 0.579. The van der Waals surface area contributed by atoms with Gasteiger partial charge in [0.25, 0.3) is 6.43 Å². The van der Waals surface area contributed by atoms with Crippen molar-refractivity contribution in [2.24, 2.45) is 0 Å². The Bertz CT molecular complexity index is 217. The highest BCUT2D eigenvalue weighted by molar-refractivity contribution is 5.76. The van der Waals surface area contributed by atoms with Crippen LogP contribution in [0.15, 0.2) is 0 Å². The molecule has 1 fully saturated rings. The number of rotatable bonds is 8. The van der Waals surface area contributed by atoms with Crippen molar-refractivity contribution in [2.75, 3.05) is 45.9 Å². The second-order valence-electron chi connectivity index (χ2n) is 3.43. The third-order valence-electron chi connectivity index (χ3n) is 2.17. The van der Waals surface area contributed by atoms with Gasteiger partial charge in [-0.1, -0.05) is 0 Å². The van der Waals surface area contributed by atoms with Crippen molar-refractivity contribution in [3.8, 4) is 0 Å². The molecule has 2 N–H and O–H groups in total. The molecule has 1 rings (SSSR count). The number of carbonyl (C=O) groups is 1. The maximum atomic E-state index is 11.7. The van der Waals surface area contributed by atoms with Crippen LogP contribution in [0, 0.1) is 0 Å². The fourth-order valence-corrected chi connectivity index (χ4v) is 1.38. The normalized spacial score (nSPS) is 15.9. The van der Waals surface area contributed by atoms with Crippen LogP contribution in [0.3, 0.4) is 0 Å². The Hall–Kier alpha value is -0.950. The summed E-state index contributed by atoms with van der Waals surface area (Å²) in [6, 6.07) is -0.0456. The van der Waals surface area contributed by atoms with E-state index < -0.39 is 13.0 Å². The van der Waals surface area contributed by atoms with Gasteiger partial charge >= 0.3 is 6.03 Å². The van der Waals surface area contributed by atoms with Gasteiger partial charge in [-0.3, -0.25) is 0 Å². The van der Waals surface area contributed by atoms with Gasteiger partial charge < -0.3 is 20.3 Å². The zero-order valence-corrected chi connectivity index (χ0v) is 9.05. The number of alkyl halides is 2. The van der Waals surface area contributed by atoms with Crippen molar-refractivity contribution in [1.82, 2.24) is 15.5 Å². The van der Waals surface area contributed by atoms with E-state index in [9.17, 15) is 13.6 Å². The van der Waals surface area contributed by atoms with Crippen LogP contribution in [0.25, 0.3) is 0 Å². The number of nitrogens with one attached hydrogen (secondary N) is 2. The van der Waals surface area contributed by atoms with E-state index in [0.717, 1.165) is 6.54 Å². The van der Waals surface area contributed by atoms with Crippen LogP contribution in [0.2, 0.25) is 0 Å². The van der Waals surface area contributed by atoms with Gasteiger partial charge in [-0.25, -0.2) is 13.6 Å². The molecule has 0 atom stereocenters. The first-order valence-electron chi connectivity index (χ1n) is 5.29. The zero-order valence-electron chi connectivity index (χ0n) is 9.05. The summed E-state index contributed by atoms with van der Waals surface area (Å²) < 4.78 is 28.0. The average molecular weight is 237 g/mol. The summed E-state index contributed by atoms with van der Waals surface area (Å²) >= 11 is 0. The highest BCUT2D eigenvalue weighted by atomic mass is 19.3. The Morgan fingerprint density at radius 3 is 2.94 bits per heavy atom. The Morgan fingerprint density at radius 1 is 1.50 bits per heavy atom. The molecule has 16 heavy (non-hydrogen) atoms. The Labute approximate surface area is 93.1 Å². The topological polar surface area (TPSA) is 53.6 Å². The van der Waals surface area contributed by atoms with E-state index in [2.05, 4.69) is 15.4 Å². The second-order valence-corrected chi connectivity index (χ2v) is 3.43. The molecule has 1 heterocycles. The standard InChI is InChI=1S/C9H17F2N3O2/c10-8(11)7-16-6-3-12-1-4-14-5-2-13-9(14)15/h8,12H,1-7H2,(H,13,15). The Morgan fingerprint density at radius 2 is 2.31 bits per heavy atom. The third kappa shape index (κ3) is 5.22. The molecular formula is C9H17F2N3O2. The van der Waals surface area contributed by atoms with Crippen LogP contribution in [0.1, 0.15) is 0 Å². The molecule has 0 aliphatic carbocycles. The van der Waals surface area contributed by atoms with Gasteiger partial charge in [0, 0.05) is 32.7 Å². The second kappa shape index (κ2) is 7.34. The number of hydrogen-bond donors (Lipinski definition) is 2. The smallest absolute Gasteiger partial charge is 0.317 e. The molecule has 1 saturated heterocycles. The minimum absolute atomic E-state index is 0.0456. The number of nitrogens with zero attached hydrogens (tertiary/aromatic N) is 1. The van der Waals surface area contributed by atoms with Crippen molar-refractivity contribution < 1.29 is 18.3 Å². The number of hydrogen-bond acceptors (Lipinski definition) is 3. The summed E-state index contributed by atoms with van der Waals surface area (Å²) in [7, 11) is 0. The maximum absolute atomic E-state index is 11.7. The molecule has 0 bridgehead atoms. The summed E-state index contributed by atoms with van der Waals surface area (Å²) in [6.45, 7) is 2.94. The van der Waals surface area contributed by atoms with E-state index in [1.165, 1.54) is 0 Å². The highest BCUT2D eigenvalue weighted by Crippen LogP contribution is 1.94. The predicted octanol–water partition coefficient (Wildman–Crippen LogP) is -0.117. The van der Waals surface area contributed by atoms with Gasteiger partial charge in [0.1, 0.15) is 6.61 Å². The minimum atomic E-state index is -2.41. The van der Waals surface area contributed by atoms with E-state index in [4.69, 9.17) is 0 Å². The molecule has 1 aliphatic rings. The molecule has 0 unspecified atom stereocenters. The van der Waals surface area contributed by atoms with Crippen LogP contribution in [0.4, 0.5) is 13.6 Å². The number of carbonyl (C=O) groups excluding carboxylic acids is 1. The number of halogens is 2. The molecule has 2 amide bonds. The zero-order chi connectivity index (χ0) is 11.8. The van der Waals surface area contributed by atoms with E-state index in [1.54, 1.807) is 4.90 Å². The average Bonchev–Trinajstić information content (AvgIpc) is 2.62. The lowest BCUT2D eigenvalue weighted by atomic mass is 10.5. The molecule has 0 aromatic heterocycles. The summed E-state index contributed by atoms with van der Waals surface area (Å²) in [5, 5.41) is 5.71. The van der Waals surface area contributed by atoms with Crippen LogP contribution in [-0.4, -0.2) is 63.3 Å². The van der Waals surface area contributed by atoms with E-state index in [0.29, 0.717) is 26.2 Å². The minimum Gasteiger partial charge on any atom is -0.374 e. The lowest BCUT2D eigenvalue weighted by Crippen LogP contribution is -2.35.